The highest BCUT2D eigenvalue weighted by atomic mass is 79.9. The van der Waals surface area contributed by atoms with Crippen LogP contribution in [0, 0.1) is 5.92 Å². The lowest BCUT2D eigenvalue weighted by molar-refractivity contribution is 0.482. The maximum Gasteiger partial charge on any atom is 0.209 e. The van der Waals surface area contributed by atoms with Crippen LogP contribution in [-0.2, 0) is 6.54 Å². The molecular weight excluding hydrogens is 302 g/mol. The highest BCUT2D eigenvalue weighted by Crippen LogP contribution is 2.18. The van der Waals surface area contributed by atoms with Crippen LogP contribution in [0.25, 0.3) is 0 Å². The van der Waals surface area contributed by atoms with Gasteiger partial charge < -0.3 is 5.32 Å². The molecule has 0 amide bonds. The molecule has 17 heavy (non-hydrogen) atoms. The predicted molar refractivity (Wildman–Crippen MR) is 74.3 cm³/mol. The first-order chi connectivity index (χ1) is 8.09. The maximum absolute atomic E-state index is 3.98. The highest BCUT2D eigenvalue weighted by Gasteiger charge is 2.06. The first kappa shape index (κ1) is 14.7. The van der Waals surface area contributed by atoms with Gasteiger partial charge in [0.25, 0.3) is 0 Å². The van der Waals surface area contributed by atoms with Crippen LogP contribution >= 0.6 is 27.7 Å². The smallest absolute Gasteiger partial charge is 0.209 e. The Morgan fingerprint density at radius 3 is 3.00 bits per heavy atom. The molecule has 0 spiro atoms. The van der Waals surface area contributed by atoms with Gasteiger partial charge >= 0.3 is 0 Å². The number of nitrogens with one attached hydrogen (secondary N) is 1. The normalized spacial score (nSPS) is 11.1. The van der Waals surface area contributed by atoms with Crippen LogP contribution < -0.4 is 5.32 Å². The molecule has 7 heteroatoms. The van der Waals surface area contributed by atoms with E-state index in [0.717, 1.165) is 35.0 Å². The van der Waals surface area contributed by atoms with Crippen LogP contribution in [0.4, 0.5) is 0 Å². The van der Waals surface area contributed by atoms with E-state index in [1.807, 2.05) is 4.68 Å². The van der Waals surface area contributed by atoms with E-state index in [-0.39, 0.29) is 0 Å². The molecule has 0 fully saturated rings. The largest absolute Gasteiger partial charge is 0.315 e. The highest BCUT2D eigenvalue weighted by molar-refractivity contribution is 9.11. The molecule has 0 aromatic carbocycles. The van der Waals surface area contributed by atoms with E-state index in [4.69, 9.17) is 0 Å². The third-order valence-corrected chi connectivity index (χ3v) is 3.60. The summed E-state index contributed by atoms with van der Waals surface area (Å²) in [6.45, 7) is 10.8. The van der Waals surface area contributed by atoms with Gasteiger partial charge in [-0.3, -0.25) is 0 Å². The zero-order valence-corrected chi connectivity index (χ0v) is 12.6. The lowest BCUT2D eigenvalue weighted by Gasteiger charge is -2.07. The summed E-state index contributed by atoms with van der Waals surface area (Å²) < 4.78 is 2.75. The number of hydrogen-bond acceptors (Lipinski definition) is 5. The topological polar surface area (TPSA) is 55.6 Å². The van der Waals surface area contributed by atoms with Crippen molar-refractivity contribution >= 4 is 27.7 Å². The molecule has 0 aliphatic rings. The van der Waals surface area contributed by atoms with Crippen LogP contribution in [0.3, 0.4) is 0 Å². The molecule has 0 bridgehead atoms. The molecule has 1 aromatic heterocycles. The van der Waals surface area contributed by atoms with Gasteiger partial charge in [-0.2, -0.15) is 0 Å². The fourth-order valence-corrected chi connectivity index (χ4v) is 2.16. The second kappa shape index (κ2) is 7.84. The van der Waals surface area contributed by atoms with E-state index in [2.05, 4.69) is 57.2 Å². The Labute approximate surface area is 115 Å². The van der Waals surface area contributed by atoms with Crippen molar-refractivity contribution in [2.45, 2.75) is 25.5 Å². The van der Waals surface area contributed by atoms with E-state index in [0.29, 0.717) is 5.92 Å². The molecule has 1 heterocycles. The van der Waals surface area contributed by atoms with E-state index in [9.17, 15) is 0 Å². The first-order valence-corrected chi connectivity index (χ1v) is 7.30. The summed E-state index contributed by atoms with van der Waals surface area (Å²) in [5.41, 5.74) is 0. The third kappa shape index (κ3) is 6.18. The van der Waals surface area contributed by atoms with Crippen molar-refractivity contribution in [1.29, 1.82) is 0 Å². The van der Waals surface area contributed by atoms with E-state index in [1.165, 1.54) is 0 Å². The molecular formula is C10H18BrN5S. The number of hydrogen-bond donors (Lipinski definition) is 1. The van der Waals surface area contributed by atoms with Gasteiger partial charge in [0, 0.05) is 12.3 Å². The average molecular weight is 320 g/mol. The Bertz CT molecular complexity index is 352. The lowest BCUT2D eigenvalue weighted by Crippen LogP contribution is -2.24. The number of tetrazole rings is 1. The van der Waals surface area contributed by atoms with Gasteiger partial charge in [0.15, 0.2) is 0 Å². The molecule has 0 saturated carbocycles. The van der Waals surface area contributed by atoms with Crippen LogP contribution in [0.5, 0.6) is 0 Å². The van der Waals surface area contributed by atoms with Crippen molar-refractivity contribution in [2.75, 3.05) is 18.8 Å². The summed E-state index contributed by atoms with van der Waals surface area (Å²) >= 11 is 4.90. The summed E-state index contributed by atoms with van der Waals surface area (Å²) in [7, 11) is 0. The number of aromatic nitrogens is 4. The van der Waals surface area contributed by atoms with Crippen LogP contribution in [-0.4, -0.2) is 39.0 Å². The Morgan fingerprint density at radius 2 is 2.35 bits per heavy atom. The molecule has 0 radical (unpaired) electrons. The average Bonchev–Trinajstić information content (AvgIpc) is 2.68. The summed E-state index contributed by atoms with van der Waals surface area (Å²) in [5, 5.41) is 15.8. The van der Waals surface area contributed by atoms with Crippen molar-refractivity contribution in [2.24, 2.45) is 5.92 Å². The Morgan fingerprint density at radius 1 is 1.59 bits per heavy atom. The van der Waals surface area contributed by atoms with Crippen molar-refractivity contribution in [3.05, 3.63) is 11.1 Å². The molecule has 0 atom stereocenters. The minimum absolute atomic E-state index is 0.662. The van der Waals surface area contributed by atoms with Gasteiger partial charge in [0.1, 0.15) is 0 Å². The van der Waals surface area contributed by atoms with Crippen LogP contribution in [0.15, 0.2) is 16.2 Å². The number of thioether (sulfide) groups is 1. The fourth-order valence-electron chi connectivity index (χ4n) is 1.16. The number of rotatable bonds is 8. The molecule has 5 nitrogen and oxygen atoms in total. The molecule has 1 aromatic rings. The maximum atomic E-state index is 3.98. The molecule has 1 rings (SSSR count). The summed E-state index contributed by atoms with van der Waals surface area (Å²) in [5.74, 6) is 1.44. The summed E-state index contributed by atoms with van der Waals surface area (Å²) in [6, 6.07) is 0. The molecule has 1 N–H and O–H groups in total. The van der Waals surface area contributed by atoms with Crippen LogP contribution in [0.2, 0.25) is 0 Å². The van der Waals surface area contributed by atoms with Gasteiger partial charge in [-0.15, -0.1) is 5.10 Å². The van der Waals surface area contributed by atoms with E-state index in [1.54, 1.807) is 11.8 Å². The Kier molecular flexibility index (Phi) is 6.76. The second-order valence-corrected chi connectivity index (χ2v) is 6.15. The van der Waals surface area contributed by atoms with Gasteiger partial charge in [-0.1, -0.05) is 48.1 Å². The van der Waals surface area contributed by atoms with Gasteiger partial charge in [0.2, 0.25) is 5.16 Å². The minimum atomic E-state index is 0.662. The quantitative estimate of drug-likeness (QED) is 0.586. The van der Waals surface area contributed by atoms with Gasteiger partial charge in [0.05, 0.1) is 6.54 Å². The van der Waals surface area contributed by atoms with E-state index < -0.39 is 0 Å². The summed E-state index contributed by atoms with van der Waals surface area (Å²) in [4.78, 5) is 0. The van der Waals surface area contributed by atoms with Crippen molar-refractivity contribution in [3.63, 3.8) is 0 Å². The number of halogens is 1. The molecule has 0 aliphatic carbocycles. The van der Waals surface area contributed by atoms with E-state index >= 15 is 0 Å². The zero-order chi connectivity index (χ0) is 12.7. The fraction of sp³-hybridized carbons (Fsp3) is 0.700. The van der Waals surface area contributed by atoms with Gasteiger partial charge in [-0.25, -0.2) is 4.68 Å². The second-order valence-electron chi connectivity index (χ2n) is 4.09. The van der Waals surface area contributed by atoms with Crippen LogP contribution in [0.1, 0.15) is 13.8 Å². The SMILES string of the molecule is C=C(Br)CSc1nnnn1CCNCC(C)C. The van der Waals surface area contributed by atoms with Gasteiger partial charge in [-0.05, 0) is 27.4 Å². The van der Waals surface area contributed by atoms with Crippen molar-refractivity contribution in [1.82, 2.24) is 25.5 Å². The zero-order valence-electron chi connectivity index (χ0n) is 10.2. The monoisotopic (exact) mass is 319 g/mol. The van der Waals surface area contributed by atoms with Crippen molar-refractivity contribution in [3.8, 4) is 0 Å². The third-order valence-electron chi connectivity index (χ3n) is 1.91. The first-order valence-electron chi connectivity index (χ1n) is 5.52. The molecule has 96 valence electrons. The Hall–Kier alpha value is -0.400. The predicted octanol–water partition coefficient (Wildman–Crippen LogP) is 1.92. The standard InChI is InChI=1S/C10H18BrN5S/c1-8(2)6-12-4-5-16-10(13-14-15-16)17-7-9(3)11/h8,12H,3-7H2,1-2H3. The lowest BCUT2D eigenvalue weighted by atomic mass is 10.2. The minimum Gasteiger partial charge on any atom is -0.315 e. The molecule has 0 aliphatic heterocycles. The molecule has 0 saturated heterocycles. The molecule has 0 unspecified atom stereocenters. The summed E-state index contributed by atoms with van der Waals surface area (Å²) in [6.07, 6.45) is 0. The Balaban J connectivity index is 2.32. The number of nitrogens with zero attached hydrogens (tertiary/aromatic N) is 4. The van der Waals surface area contributed by atoms with Crippen molar-refractivity contribution < 1.29 is 0 Å².